The number of nitrogens with one attached hydrogen (secondary N) is 5. The molecule has 0 aromatic carbocycles. The Balaban J connectivity index is 1.38. The molecule has 4 aliphatic rings. The van der Waals surface area contributed by atoms with E-state index in [0.717, 1.165) is 14.2 Å². The topological polar surface area (TPSA) is 705 Å². The first kappa shape index (κ1) is 76.0. The van der Waals surface area contributed by atoms with Gasteiger partial charge < -0.3 is 94.0 Å². The van der Waals surface area contributed by atoms with Crippen molar-refractivity contribution in [3.05, 3.63) is 0 Å². The van der Waals surface area contributed by atoms with Gasteiger partial charge >= 0.3 is 74.1 Å². The first-order valence-corrected chi connectivity index (χ1v) is 31.9. The molecule has 17 N–H and O–H groups in total. The van der Waals surface area contributed by atoms with E-state index in [1.54, 1.807) is 0 Å². The van der Waals surface area contributed by atoms with Gasteiger partial charge in [0.15, 0.2) is 49.6 Å². The van der Waals surface area contributed by atoms with Crippen molar-refractivity contribution in [2.45, 2.75) is 123 Å². The second-order valence-corrected chi connectivity index (χ2v) is 24.5. The molecule has 0 bridgehead atoms. The number of carbonyl (C=O) groups is 4. The van der Waals surface area contributed by atoms with Crippen LogP contribution in [0.5, 0.6) is 0 Å². The largest absolute Gasteiger partial charge is 0.479 e. The number of aliphatic hydroxyl groups is 4. The fourth-order valence-electron chi connectivity index (χ4n) is 8.33. The summed E-state index contributed by atoms with van der Waals surface area (Å²) in [6, 6.07) is -4.83. The van der Waals surface area contributed by atoms with Crippen LogP contribution in [0.3, 0.4) is 0 Å². The summed E-state index contributed by atoms with van der Waals surface area (Å²) < 4.78 is 269. The molecule has 0 radical (unpaired) electrons. The third-order valence-electron chi connectivity index (χ3n) is 11.8. The van der Waals surface area contributed by atoms with Crippen molar-refractivity contribution >= 4 is 86.0 Å². The van der Waals surface area contributed by atoms with Crippen LogP contribution in [-0.4, -0.2) is 322 Å². The van der Waals surface area contributed by atoms with Crippen molar-refractivity contribution in [1.82, 2.24) is 25.4 Å². The van der Waals surface area contributed by atoms with Gasteiger partial charge in [-0.25, -0.2) is 26.3 Å². The van der Waals surface area contributed by atoms with Gasteiger partial charge in [0, 0.05) is 40.4 Å². The quantitative estimate of drug-likeness (QED) is 0.0210. The maximum atomic E-state index is 12.8. The van der Waals surface area contributed by atoms with Gasteiger partial charge in [0.25, 0.3) is 0 Å². The summed E-state index contributed by atoms with van der Waals surface area (Å²) in [5.74, 6) is -6.11. The maximum absolute atomic E-state index is 12.8. The Bertz CT molecular complexity index is 2830. The van der Waals surface area contributed by atoms with Crippen molar-refractivity contribution in [2.75, 3.05) is 66.8 Å². The molecule has 4 rings (SSSR count). The van der Waals surface area contributed by atoms with Crippen LogP contribution >= 0.6 is 0 Å². The van der Waals surface area contributed by atoms with Crippen LogP contribution in [0.4, 0.5) is 0 Å². The minimum Gasteiger partial charge on any atom is -0.479 e. The number of aliphatic hydroxyl groups excluding tert-OH is 4. The van der Waals surface area contributed by atoms with E-state index in [2.05, 4.69) is 32.7 Å². The third-order valence-corrected chi connectivity index (χ3v) is 14.7. The lowest BCUT2D eigenvalue weighted by atomic mass is 9.95. The highest BCUT2D eigenvalue weighted by Gasteiger charge is 2.58. The van der Waals surface area contributed by atoms with E-state index in [1.807, 2.05) is 0 Å². The fraction of sp³-hybridized carbons (Fsp3) is 0.882. The SMILES string of the molecule is CO[C@@H]1O[C@@H](C(=O)O)[C@@H](O[C@H]2O[C@H](COS(=O)(=O)O)[C@@H](OCC(=O)NCCNCCNC(=O)CO[C@H]3[C@H](O)[C@@H](NS(=O)(=O)O)[C@@H](O[C@H]4[C@H](O)[C@@H](OS(=O)(=O)O)[C@H](OC)O[C@H]4C(=O)O)O[C@@H]3COS(=O)(=O)O)[C@H](O)[C@H]2NS(=O)(=O)O)[C@H](O)[C@H]1OS(=O)(=O)O. The molecule has 0 unspecified atom stereocenters. The summed E-state index contributed by atoms with van der Waals surface area (Å²) in [6.45, 7) is -5.92. The number of amides is 2. The summed E-state index contributed by atoms with van der Waals surface area (Å²) in [5, 5.41) is 71.7. The lowest BCUT2D eigenvalue weighted by Gasteiger charge is -2.47. The van der Waals surface area contributed by atoms with Crippen LogP contribution < -0.4 is 25.4 Å². The number of carboxylic acid groups (broad SMARTS) is 2. The minimum absolute atomic E-state index is 0.141. The highest BCUT2D eigenvalue weighted by molar-refractivity contribution is 7.84. The maximum Gasteiger partial charge on any atom is 0.397 e. The number of methoxy groups -OCH3 is 2. The zero-order valence-electron chi connectivity index (χ0n) is 43.8. The van der Waals surface area contributed by atoms with Crippen molar-refractivity contribution in [1.29, 1.82) is 0 Å². The highest BCUT2D eigenvalue weighted by Crippen LogP contribution is 2.35. The van der Waals surface area contributed by atoms with Crippen LogP contribution in [0, 0.1) is 0 Å². The third kappa shape index (κ3) is 24.2. The smallest absolute Gasteiger partial charge is 0.397 e. The van der Waals surface area contributed by atoms with Crippen molar-refractivity contribution in [3.63, 3.8) is 0 Å². The van der Waals surface area contributed by atoms with E-state index >= 15 is 0 Å². The zero-order valence-corrected chi connectivity index (χ0v) is 48.7. The van der Waals surface area contributed by atoms with Crippen LogP contribution in [0.15, 0.2) is 0 Å². The average molecular weight is 1400 g/mol. The molecular weight excluding hydrogens is 1340 g/mol. The van der Waals surface area contributed by atoms with Crippen molar-refractivity contribution in [2.24, 2.45) is 0 Å². The van der Waals surface area contributed by atoms with E-state index in [-0.39, 0.29) is 26.2 Å². The predicted octanol–water partition coefficient (Wildman–Crippen LogP) is -12.3. The Hall–Kier alpha value is -3.50. The van der Waals surface area contributed by atoms with Crippen molar-refractivity contribution < 1.29 is 192 Å². The summed E-state index contributed by atoms with van der Waals surface area (Å²) in [4.78, 5) is 50.0. The normalized spacial score (nSPS) is 34.0. The van der Waals surface area contributed by atoms with Gasteiger partial charge in [0.2, 0.25) is 11.8 Å². The standard InChI is InChI=1S/C34H59N5O42S6/c1-68-33-25(80-86(62,63)64)19(44)23(27(78-33)29(46)47)76-31-15(38-82(50,51)52)17(42)21(11(74-31)7-72-84(56,57)58)70-9-13(40)36-5-3-35-4-6-37-14(41)10-71-22-12(8-73-85(59,60)61)75-32(16(18(22)43)39-83(53,54)55)77-24-20(45)26(81-87(65,66)67)34(69-2)79-28(24)30(48)49/h11-12,15-28,31-35,38-39,42-45H,3-10H2,1-2H3,(H,36,40)(H,37,41)(H,46,47)(H,48,49)(H,50,51,52)(H,53,54,55)(H,56,57,58)(H,59,60,61)(H,62,63,64)(H,65,66,67)/t11-,12-,15-,16-,17-,18-,19+,20+,21-,22-,23+,24+,25-,26-,27-,28-,31-,32-,33-,34-/m1/s1. The molecule has 0 aromatic heterocycles. The molecule has 53 heteroatoms. The van der Waals surface area contributed by atoms with Crippen LogP contribution in [-0.2, 0) is 145 Å². The number of aliphatic carboxylic acids is 2. The predicted molar refractivity (Wildman–Crippen MR) is 261 cm³/mol. The summed E-state index contributed by atoms with van der Waals surface area (Å²) >= 11 is 0. The van der Waals surface area contributed by atoms with Gasteiger partial charge in [-0.2, -0.15) is 60.0 Å². The first-order valence-electron chi connectivity index (χ1n) is 23.6. The minimum atomic E-state index is -5.50. The monoisotopic (exact) mass is 1400 g/mol. The Morgan fingerprint density at radius 1 is 0.437 bits per heavy atom. The number of carbonyl (C=O) groups excluding carboxylic acids is 2. The molecule has 4 saturated heterocycles. The number of hydrogen-bond acceptors (Lipinski definition) is 35. The highest BCUT2D eigenvalue weighted by atomic mass is 32.3. The lowest BCUT2D eigenvalue weighted by molar-refractivity contribution is -0.336. The Morgan fingerprint density at radius 3 is 1.05 bits per heavy atom. The molecule has 20 atom stereocenters. The van der Waals surface area contributed by atoms with Gasteiger partial charge in [-0.3, -0.25) is 36.9 Å². The molecule has 0 aliphatic carbocycles. The van der Waals surface area contributed by atoms with Crippen LogP contribution in [0.2, 0.25) is 0 Å². The average Bonchev–Trinajstić information content (AvgIpc) is 1.12. The second kappa shape index (κ2) is 31.7. The number of rotatable bonds is 34. The summed E-state index contributed by atoms with van der Waals surface area (Å²) in [5.41, 5.74) is 0. The Labute approximate surface area is 490 Å². The molecule has 4 heterocycles. The van der Waals surface area contributed by atoms with Gasteiger partial charge in [-0.05, 0) is 0 Å². The van der Waals surface area contributed by atoms with E-state index in [9.17, 15) is 128 Å². The Morgan fingerprint density at radius 2 is 0.770 bits per heavy atom. The summed E-state index contributed by atoms with van der Waals surface area (Å²) in [6.07, 6.45) is -42.3. The van der Waals surface area contributed by atoms with Gasteiger partial charge in [0.05, 0.1) is 13.2 Å². The van der Waals surface area contributed by atoms with E-state index < -0.39 is 235 Å². The fourth-order valence-corrected chi connectivity index (χ4v) is 11.1. The van der Waals surface area contributed by atoms with Crippen LogP contribution in [0.25, 0.3) is 0 Å². The molecule has 2 amide bonds. The second-order valence-electron chi connectivity index (χ2n) is 17.9. The molecule has 508 valence electrons. The summed E-state index contributed by atoms with van der Waals surface area (Å²) in [7, 11) is -31.1. The first-order chi connectivity index (χ1) is 39.9. The van der Waals surface area contributed by atoms with Crippen LogP contribution in [0.1, 0.15) is 0 Å². The molecular formula is C34H59N5O42S6. The van der Waals surface area contributed by atoms with Gasteiger partial charge in [-0.15, -0.1) is 0 Å². The molecule has 0 aromatic rings. The molecule has 4 aliphatic heterocycles. The molecule has 47 nitrogen and oxygen atoms in total. The van der Waals surface area contributed by atoms with E-state index in [0.29, 0.717) is 0 Å². The lowest BCUT2D eigenvalue weighted by Crippen LogP contribution is -2.68. The zero-order chi connectivity index (χ0) is 65.9. The van der Waals surface area contributed by atoms with E-state index in [4.69, 9.17) is 47.4 Å². The molecule has 4 fully saturated rings. The number of carboxylic acids is 2. The number of hydrogen-bond donors (Lipinski definition) is 17. The van der Waals surface area contributed by atoms with Crippen molar-refractivity contribution in [3.8, 4) is 0 Å². The van der Waals surface area contributed by atoms with Gasteiger partial charge in [-0.1, -0.05) is 0 Å². The molecule has 87 heavy (non-hydrogen) atoms. The molecule has 0 spiro atoms. The number of ether oxygens (including phenoxy) is 10. The Kier molecular flexibility index (Phi) is 27.7. The van der Waals surface area contributed by atoms with Gasteiger partial charge in [0.1, 0.15) is 86.3 Å². The van der Waals surface area contributed by atoms with E-state index in [1.165, 1.54) is 9.44 Å². The molecule has 0 saturated carbocycles.